The number of imidazole rings is 1. The number of nitrogens with zero attached hydrogens (tertiary/aromatic N) is 3. The highest BCUT2D eigenvalue weighted by Gasteiger charge is 2.12. The van der Waals surface area contributed by atoms with Crippen molar-refractivity contribution in [1.82, 2.24) is 20.0 Å². The van der Waals surface area contributed by atoms with E-state index >= 15 is 0 Å². The monoisotopic (exact) mass is 412 g/mol. The predicted molar refractivity (Wildman–Crippen MR) is 120 cm³/mol. The average molecular weight is 412 g/mol. The van der Waals surface area contributed by atoms with E-state index in [4.69, 9.17) is 10.2 Å². The summed E-state index contributed by atoms with van der Waals surface area (Å²) in [5, 5.41) is 8.66. The van der Waals surface area contributed by atoms with Crippen LogP contribution in [-0.2, 0) is 30.6 Å². The van der Waals surface area contributed by atoms with E-state index < -0.39 is 5.91 Å². The molecule has 1 amide bonds. The number of amides is 1. The van der Waals surface area contributed by atoms with Crippen LogP contribution in [0.2, 0.25) is 0 Å². The van der Waals surface area contributed by atoms with Crippen LogP contribution in [-0.4, -0.2) is 25.6 Å². The number of rotatable bonds is 8. The molecule has 6 heteroatoms. The number of carbonyl (C=O) groups is 1. The van der Waals surface area contributed by atoms with Crippen LogP contribution < -0.4 is 5.48 Å². The first-order chi connectivity index (χ1) is 15.2. The van der Waals surface area contributed by atoms with Crippen molar-refractivity contribution < 1.29 is 10.0 Å². The third kappa shape index (κ3) is 5.24. The molecule has 0 bridgehead atoms. The van der Waals surface area contributed by atoms with Gasteiger partial charge in [-0.05, 0) is 53.8 Å². The van der Waals surface area contributed by atoms with Crippen LogP contribution in [0.1, 0.15) is 22.5 Å². The normalized spacial score (nSPS) is 11.3. The number of hydrogen-bond acceptors (Lipinski definition) is 4. The van der Waals surface area contributed by atoms with Gasteiger partial charge < -0.3 is 4.57 Å². The standard InChI is InChI=1S/C25H24N4O2/c30-25(28-31)13-10-20-8-11-23-22(17-20)27-24(12-9-19-5-2-1-3-6-19)29(23)16-14-21-7-4-15-26-18-21/h1-8,10-11,13,15,17-18,31H,9,12,14,16H2,(H,28,30). The number of carbonyl (C=O) groups excluding carboxylic acids is 1. The van der Waals surface area contributed by atoms with Gasteiger partial charge in [0, 0.05) is 31.4 Å². The summed E-state index contributed by atoms with van der Waals surface area (Å²) < 4.78 is 2.28. The molecule has 2 N–H and O–H groups in total. The van der Waals surface area contributed by atoms with Gasteiger partial charge in [-0.1, -0.05) is 42.5 Å². The minimum absolute atomic E-state index is 0.564. The van der Waals surface area contributed by atoms with E-state index in [9.17, 15) is 4.79 Å². The summed E-state index contributed by atoms with van der Waals surface area (Å²) in [5.74, 6) is 0.475. The maximum Gasteiger partial charge on any atom is 0.267 e. The topological polar surface area (TPSA) is 80.0 Å². The molecule has 31 heavy (non-hydrogen) atoms. The van der Waals surface area contributed by atoms with Crippen LogP contribution in [0.3, 0.4) is 0 Å². The highest BCUT2D eigenvalue weighted by atomic mass is 16.5. The number of hydrogen-bond donors (Lipinski definition) is 2. The Hall–Kier alpha value is -3.77. The molecule has 0 aliphatic carbocycles. The number of aromatic nitrogens is 3. The van der Waals surface area contributed by atoms with Crippen molar-refractivity contribution in [2.45, 2.75) is 25.8 Å². The van der Waals surface area contributed by atoms with Gasteiger partial charge in [0.25, 0.3) is 5.91 Å². The van der Waals surface area contributed by atoms with Crippen molar-refractivity contribution in [2.24, 2.45) is 0 Å². The average Bonchev–Trinajstić information content (AvgIpc) is 3.17. The molecule has 0 unspecified atom stereocenters. The highest BCUT2D eigenvalue weighted by molar-refractivity contribution is 5.91. The Morgan fingerprint density at radius 1 is 1.00 bits per heavy atom. The zero-order valence-electron chi connectivity index (χ0n) is 17.1. The molecule has 2 aromatic carbocycles. The molecule has 0 fully saturated rings. The highest BCUT2D eigenvalue weighted by Crippen LogP contribution is 2.21. The summed E-state index contributed by atoms with van der Waals surface area (Å²) >= 11 is 0. The quantitative estimate of drug-likeness (QED) is 0.261. The number of nitrogens with one attached hydrogen (secondary N) is 1. The SMILES string of the molecule is O=C(C=Cc1ccc2c(c1)nc(CCc1ccccc1)n2CCc1cccnc1)NO. The second kappa shape index (κ2) is 9.82. The van der Waals surface area contributed by atoms with Crippen LogP contribution in [0.5, 0.6) is 0 Å². The Kier molecular flexibility index (Phi) is 6.50. The van der Waals surface area contributed by atoms with Gasteiger partial charge in [-0.3, -0.25) is 15.0 Å². The summed E-state index contributed by atoms with van der Waals surface area (Å²) in [5.41, 5.74) is 6.88. The van der Waals surface area contributed by atoms with Gasteiger partial charge in [-0.15, -0.1) is 0 Å². The number of aryl methyl sites for hydroxylation is 4. The van der Waals surface area contributed by atoms with E-state index in [1.54, 1.807) is 17.8 Å². The second-order valence-corrected chi connectivity index (χ2v) is 7.33. The first kappa shape index (κ1) is 20.5. The van der Waals surface area contributed by atoms with Crippen molar-refractivity contribution in [3.05, 3.63) is 102 Å². The smallest absolute Gasteiger partial charge is 0.267 e. The molecule has 4 rings (SSSR count). The first-order valence-corrected chi connectivity index (χ1v) is 10.3. The Labute approximate surface area is 180 Å². The predicted octanol–water partition coefficient (Wildman–Crippen LogP) is 3.98. The molecule has 4 aromatic rings. The van der Waals surface area contributed by atoms with Crippen LogP contribution in [0.15, 0.2) is 79.1 Å². The summed E-state index contributed by atoms with van der Waals surface area (Å²) in [7, 11) is 0. The van der Waals surface area contributed by atoms with Crippen LogP contribution in [0.4, 0.5) is 0 Å². The van der Waals surface area contributed by atoms with Gasteiger partial charge in [0.2, 0.25) is 0 Å². The lowest BCUT2D eigenvalue weighted by Crippen LogP contribution is -2.14. The summed E-state index contributed by atoms with van der Waals surface area (Å²) in [4.78, 5) is 20.4. The lowest BCUT2D eigenvalue weighted by Gasteiger charge is -2.10. The van der Waals surface area contributed by atoms with Crippen LogP contribution >= 0.6 is 0 Å². The van der Waals surface area contributed by atoms with Crippen molar-refractivity contribution in [3.63, 3.8) is 0 Å². The molecule has 2 heterocycles. The maximum atomic E-state index is 11.3. The third-order valence-electron chi connectivity index (χ3n) is 5.22. The molecule has 0 atom stereocenters. The zero-order valence-corrected chi connectivity index (χ0v) is 17.1. The molecule has 6 nitrogen and oxygen atoms in total. The molecule has 0 aliphatic heterocycles. The van der Waals surface area contributed by atoms with E-state index in [1.807, 2.05) is 36.5 Å². The summed E-state index contributed by atoms with van der Waals surface area (Å²) in [6.07, 6.45) is 9.26. The minimum Gasteiger partial charge on any atom is -0.328 e. The van der Waals surface area contributed by atoms with Gasteiger partial charge in [-0.2, -0.15) is 0 Å². The van der Waals surface area contributed by atoms with Gasteiger partial charge >= 0.3 is 0 Å². The lowest BCUT2D eigenvalue weighted by atomic mass is 10.1. The molecule has 156 valence electrons. The van der Waals surface area contributed by atoms with Gasteiger partial charge in [0.05, 0.1) is 11.0 Å². The van der Waals surface area contributed by atoms with Crippen molar-refractivity contribution >= 4 is 23.0 Å². The van der Waals surface area contributed by atoms with E-state index in [1.165, 1.54) is 17.2 Å². The number of benzene rings is 2. The van der Waals surface area contributed by atoms with Crippen LogP contribution in [0.25, 0.3) is 17.1 Å². The Bertz CT molecular complexity index is 1180. The molecule has 0 aliphatic rings. The first-order valence-electron chi connectivity index (χ1n) is 10.3. The lowest BCUT2D eigenvalue weighted by molar-refractivity contribution is -0.124. The van der Waals surface area contributed by atoms with E-state index in [0.29, 0.717) is 0 Å². The fraction of sp³-hybridized carbons (Fsp3) is 0.160. The Balaban J connectivity index is 1.63. The molecule has 2 aromatic heterocycles. The van der Waals surface area contributed by atoms with Crippen molar-refractivity contribution in [3.8, 4) is 0 Å². The third-order valence-corrected chi connectivity index (χ3v) is 5.22. The summed E-state index contributed by atoms with van der Waals surface area (Å²) in [6, 6.07) is 20.4. The fourth-order valence-electron chi connectivity index (χ4n) is 3.64. The van der Waals surface area contributed by atoms with Gasteiger partial charge in [-0.25, -0.2) is 10.5 Å². The zero-order chi connectivity index (χ0) is 21.5. The minimum atomic E-state index is -0.564. The maximum absolute atomic E-state index is 11.3. The molecular weight excluding hydrogens is 388 g/mol. The Morgan fingerprint density at radius 3 is 2.61 bits per heavy atom. The summed E-state index contributed by atoms with van der Waals surface area (Å²) in [6.45, 7) is 0.814. The second-order valence-electron chi connectivity index (χ2n) is 7.33. The van der Waals surface area contributed by atoms with Crippen molar-refractivity contribution in [2.75, 3.05) is 0 Å². The molecule has 0 saturated heterocycles. The number of pyridine rings is 1. The van der Waals surface area contributed by atoms with Crippen LogP contribution in [0, 0.1) is 0 Å². The van der Waals surface area contributed by atoms with E-state index in [-0.39, 0.29) is 0 Å². The van der Waals surface area contributed by atoms with E-state index in [0.717, 1.165) is 48.2 Å². The van der Waals surface area contributed by atoms with Crippen molar-refractivity contribution in [1.29, 1.82) is 0 Å². The number of hydroxylamine groups is 1. The van der Waals surface area contributed by atoms with Gasteiger partial charge in [0.1, 0.15) is 5.82 Å². The fourth-order valence-corrected chi connectivity index (χ4v) is 3.64. The van der Waals surface area contributed by atoms with E-state index in [2.05, 4.69) is 39.9 Å². The largest absolute Gasteiger partial charge is 0.328 e. The molecule has 0 radical (unpaired) electrons. The molecule has 0 saturated carbocycles. The molecular formula is C25H24N4O2. The Morgan fingerprint density at radius 2 is 1.84 bits per heavy atom. The van der Waals surface area contributed by atoms with Gasteiger partial charge in [0.15, 0.2) is 0 Å². The molecule has 0 spiro atoms. The number of fused-ring (bicyclic) bond motifs is 1.